The van der Waals surface area contributed by atoms with Gasteiger partial charge in [-0.25, -0.2) is 4.98 Å². The smallest absolute Gasteiger partial charge is 0.416 e. The molecule has 6 heteroatoms. The normalized spacial score (nSPS) is 24.2. The largest absolute Gasteiger partial charge is 0.440 e. The number of piperidine rings is 1. The summed E-state index contributed by atoms with van der Waals surface area (Å²) in [5.74, 6) is 0.513. The fourth-order valence-corrected chi connectivity index (χ4v) is 2.60. The molecule has 1 aliphatic heterocycles. The standard InChI is InChI=1S/C14H15F3N2O/c1-13(5-2-6-18-8-13)12-19-10-7-9(14(15,16)17)3-4-11(10)20-12/h3-4,7,18H,2,5-6,8H2,1H3. The highest BCUT2D eigenvalue weighted by Gasteiger charge is 2.35. The quantitative estimate of drug-likeness (QED) is 0.871. The number of oxazole rings is 1. The number of alkyl halides is 3. The molecule has 20 heavy (non-hydrogen) atoms. The molecule has 1 aromatic carbocycles. The Labute approximate surface area is 114 Å². The van der Waals surface area contributed by atoms with Crippen LogP contribution < -0.4 is 5.32 Å². The van der Waals surface area contributed by atoms with Crippen molar-refractivity contribution in [3.05, 3.63) is 29.7 Å². The first-order chi connectivity index (χ1) is 9.38. The van der Waals surface area contributed by atoms with Crippen LogP contribution in [-0.4, -0.2) is 18.1 Å². The van der Waals surface area contributed by atoms with Crippen LogP contribution in [0.4, 0.5) is 13.2 Å². The van der Waals surface area contributed by atoms with Crippen LogP contribution in [0.5, 0.6) is 0 Å². The van der Waals surface area contributed by atoms with E-state index in [1.807, 2.05) is 6.92 Å². The minimum Gasteiger partial charge on any atom is -0.440 e. The highest BCUT2D eigenvalue weighted by molar-refractivity contribution is 5.73. The van der Waals surface area contributed by atoms with Gasteiger partial charge in [0, 0.05) is 6.54 Å². The SMILES string of the molecule is CC1(c2nc3cc(C(F)(F)F)ccc3o2)CCCNC1. The van der Waals surface area contributed by atoms with Gasteiger partial charge in [0.25, 0.3) is 0 Å². The average Bonchev–Trinajstić information content (AvgIpc) is 2.82. The summed E-state index contributed by atoms with van der Waals surface area (Å²) in [6.45, 7) is 3.70. The van der Waals surface area contributed by atoms with Crippen LogP contribution in [0.3, 0.4) is 0 Å². The number of fused-ring (bicyclic) bond motifs is 1. The number of nitrogens with zero attached hydrogens (tertiary/aromatic N) is 1. The van der Waals surface area contributed by atoms with Gasteiger partial charge in [0.05, 0.1) is 11.0 Å². The summed E-state index contributed by atoms with van der Waals surface area (Å²) in [5, 5.41) is 3.27. The maximum Gasteiger partial charge on any atom is 0.416 e. The van der Waals surface area contributed by atoms with E-state index in [-0.39, 0.29) is 10.9 Å². The van der Waals surface area contributed by atoms with Gasteiger partial charge in [-0.3, -0.25) is 0 Å². The Morgan fingerprint density at radius 3 is 2.80 bits per heavy atom. The van der Waals surface area contributed by atoms with Gasteiger partial charge >= 0.3 is 6.18 Å². The first-order valence-corrected chi connectivity index (χ1v) is 6.57. The number of nitrogens with one attached hydrogen (secondary N) is 1. The highest BCUT2D eigenvalue weighted by Crippen LogP contribution is 2.35. The van der Waals surface area contributed by atoms with E-state index in [1.54, 1.807) is 0 Å². The van der Waals surface area contributed by atoms with Gasteiger partial charge in [-0.1, -0.05) is 0 Å². The Morgan fingerprint density at radius 1 is 1.35 bits per heavy atom. The van der Waals surface area contributed by atoms with Gasteiger partial charge in [-0.05, 0) is 44.5 Å². The van der Waals surface area contributed by atoms with Crippen LogP contribution in [0, 0.1) is 0 Å². The summed E-state index contributed by atoms with van der Waals surface area (Å²) < 4.78 is 43.7. The monoisotopic (exact) mass is 284 g/mol. The molecule has 0 aliphatic carbocycles. The Bertz CT molecular complexity index is 627. The number of rotatable bonds is 1. The van der Waals surface area contributed by atoms with Crippen LogP contribution in [0.1, 0.15) is 31.2 Å². The van der Waals surface area contributed by atoms with Crippen molar-refractivity contribution in [3.8, 4) is 0 Å². The number of hydrogen-bond donors (Lipinski definition) is 1. The van der Waals surface area contributed by atoms with E-state index in [0.29, 0.717) is 11.5 Å². The second kappa shape index (κ2) is 4.48. The van der Waals surface area contributed by atoms with Crippen molar-refractivity contribution in [1.29, 1.82) is 0 Å². The predicted octanol–water partition coefficient (Wildman–Crippen LogP) is 3.49. The average molecular weight is 284 g/mol. The fourth-order valence-electron chi connectivity index (χ4n) is 2.60. The van der Waals surface area contributed by atoms with Crippen molar-refractivity contribution in [1.82, 2.24) is 10.3 Å². The molecule has 1 aromatic heterocycles. The first-order valence-electron chi connectivity index (χ1n) is 6.57. The molecule has 0 bridgehead atoms. The zero-order valence-corrected chi connectivity index (χ0v) is 11.0. The molecule has 1 fully saturated rings. The van der Waals surface area contributed by atoms with E-state index < -0.39 is 11.7 Å². The number of aromatic nitrogens is 1. The predicted molar refractivity (Wildman–Crippen MR) is 68.5 cm³/mol. The van der Waals surface area contributed by atoms with Crippen LogP contribution >= 0.6 is 0 Å². The summed E-state index contributed by atoms with van der Waals surface area (Å²) in [4.78, 5) is 4.28. The van der Waals surface area contributed by atoms with Gasteiger partial charge in [0.2, 0.25) is 5.89 Å². The van der Waals surface area contributed by atoms with Crippen molar-refractivity contribution < 1.29 is 17.6 Å². The van der Waals surface area contributed by atoms with Crippen LogP contribution in [0.25, 0.3) is 11.1 Å². The molecule has 1 N–H and O–H groups in total. The molecule has 1 unspecified atom stereocenters. The number of hydrogen-bond acceptors (Lipinski definition) is 3. The summed E-state index contributed by atoms with van der Waals surface area (Å²) in [5.41, 5.74) is -0.284. The third-order valence-corrected chi connectivity index (χ3v) is 3.83. The van der Waals surface area contributed by atoms with E-state index >= 15 is 0 Å². The third-order valence-electron chi connectivity index (χ3n) is 3.83. The third kappa shape index (κ3) is 2.28. The fraction of sp³-hybridized carbons (Fsp3) is 0.500. The minimum atomic E-state index is -4.36. The van der Waals surface area contributed by atoms with E-state index in [2.05, 4.69) is 10.3 Å². The topological polar surface area (TPSA) is 38.1 Å². The maximum atomic E-state index is 12.7. The Morgan fingerprint density at radius 2 is 2.15 bits per heavy atom. The Balaban J connectivity index is 2.02. The van der Waals surface area contributed by atoms with Gasteiger partial charge < -0.3 is 9.73 Å². The van der Waals surface area contributed by atoms with E-state index in [1.165, 1.54) is 6.07 Å². The van der Waals surface area contributed by atoms with Crippen LogP contribution in [-0.2, 0) is 11.6 Å². The molecule has 3 nitrogen and oxygen atoms in total. The van der Waals surface area contributed by atoms with Crippen molar-refractivity contribution in [2.45, 2.75) is 31.4 Å². The lowest BCUT2D eigenvalue weighted by Gasteiger charge is -2.30. The molecule has 1 aliphatic rings. The summed E-state index contributed by atoms with van der Waals surface area (Å²) in [6.07, 6.45) is -2.44. The second-order valence-corrected chi connectivity index (χ2v) is 5.54. The first kappa shape index (κ1) is 13.4. The highest BCUT2D eigenvalue weighted by atomic mass is 19.4. The molecular formula is C14H15F3N2O. The van der Waals surface area contributed by atoms with Crippen molar-refractivity contribution >= 4 is 11.1 Å². The minimum absolute atomic E-state index is 0.254. The van der Waals surface area contributed by atoms with E-state index in [4.69, 9.17) is 4.42 Å². The Hall–Kier alpha value is -1.56. The lowest BCUT2D eigenvalue weighted by Crippen LogP contribution is -2.41. The summed E-state index contributed by atoms with van der Waals surface area (Å²) >= 11 is 0. The van der Waals surface area contributed by atoms with Gasteiger partial charge in [0.15, 0.2) is 5.58 Å². The van der Waals surface area contributed by atoms with Gasteiger partial charge in [-0.2, -0.15) is 13.2 Å². The molecule has 3 rings (SSSR count). The van der Waals surface area contributed by atoms with Crippen LogP contribution in [0.15, 0.2) is 22.6 Å². The molecule has 0 radical (unpaired) electrons. The lowest BCUT2D eigenvalue weighted by molar-refractivity contribution is -0.137. The number of benzene rings is 1. The zero-order valence-electron chi connectivity index (χ0n) is 11.0. The van der Waals surface area contributed by atoms with Gasteiger partial charge in [-0.15, -0.1) is 0 Å². The van der Waals surface area contributed by atoms with E-state index in [0.717, 1.165) is 38.1 Å². The summed E-state index contributed by atoms with van der Waals surface area (Å²) in [7, 11) is 0. The molecule has 0 saturated carbocycles. The Kier molecular flexibility index (Phi) is 3.01. The van der Waals surface area contributed by atoms with E-state index in [9.17, 15) is 13.2 Å². The number of halogens is 3. The lowest BCUT2D eigenvalue weighted by atomic mass is 9.83. The molecule has 1 saturated heterocycles. The maximum absolute atomic E-state index is 12.7. The molecule has 2 heterocycles. The molecule has 0 spiro atoms. The second-order valence-electron chi connectivity index (χ2n) is 5.54. The molecule has 0 amide bonds. The molecular weight excluding hydrogens is 269 g/mol. The zero-order chi connectivity index (χ0) is 14.4. The van der Waals surface area contributed by atoms with Crippen LogP contribution in [0.2, 0.25) is 0 Å². The summed E-state index contributed by atoms with van der Waals surface area (Å²) in [6, 6.07) is 3.41. The molecule has 2 aromatic rings. The van der Waals surface area contributed by atoms with Gasteiger partial charge in [0.1, 0.15) is 5.52 Å². The molecule has 108 valence electrons. The molecule has 1 atom stereocenters. The van der Waals surface area contributed by atoms with Crippen molar-refractivity contribution in [2.24, 2.45) is 0 Å². The van der Waals surface area contributed by atoms with Crippen molar-refractivity contribution in [3.63, 3.8) is 0 Å². The van der Waals surface area contributed by atoms with Crippen molar-refractivity contribution in [2.75, 3.05) is 13.1 Å².